The molecule has 138 valence electrons. The Hall–Kier alpha value is -3.22. The van der Waals surface area contributed by atoms with E-state index in [1.807, 2.05) is 0 Å². The Morgan fingerprint density at radius 2 is 1.96 bits per heavy atom. The van der Waals surface area contributed by atoms with Gasteiger partial charge in [0.05, 0.1) is 27.0 Å². The summed E-state index contributed by atoms with van der Waals surface area (Å²) in [6, 6.07) is 8.13. The van der Waals surface area contributed by atoms with Crippen LogP contribution in [0.4, 0.5) is 0 Å². The van der Waals surface area contributed by atoms with Gasteiger partial charge in [0, 0.05) is 6.08 Å². The quantitative estimate of drug-likeness (QED) is 0.706. The Bertz CT molecular complexity index is 768. The van der Waals surface area contributed by atoms with E-state index in [2.05, 4.69) is 10.6 Å². The average molecular weight is 358 g/mol. The number of amides is 2. The van der Waals surface area contributed by atoms with Crippen LogP contribution in [-0.2, 0) is 16.1 Å². The molecule has 1 heterocycles. The number of furan rings is 1. The molecule has 26 heavy (non-hydrogen) atoms. The molecule has 2 N–H and O–H groups in total. The van der Waals surface area contributed by atoms with Gasteiger partial charge in [-0.1, -0.05) is 6.07 Å². The topological polar surface area (TPSA) is 89.8 Å². The lowest BCUT2D eigenvalue weighted by molar-refractivity contribution is -0.126. The van der Waals surface area contributed by atoms with E-state index in [0.717, 1.165) is 5.56 Å². The molecule has 7 nitrogen and oxygen atoms in total. The van der Waals surface area contributed by atoms with Gasteiger partial charge in [-0.2, -0.15) is 0 Å². The highest BCUT2D eigenvalue weighted by molar-refractivity contribution is 5.95. The van der Waals surface area contributed by atoms with Crippen LogP contribution in [0, 0.1) is 0 Å². The van der Waals surface area contributed by atoms with Gasteiger partial charge in [-0.15, -0.1) is 0 Å². The zero-order chi connectivity index (χ0) is 18.9. The summed E-state index contributed by atoms with van der Waals surface area (Å²) in [4.78, 5) is 24.0. The monoisotopic (exact) mass is 358 g/mol. The lowest BCUT2D eigenvalue weighted by Gasteiger charge is -2.12. The fraction of sp³-hybridized carbons (Fsp3) is 0.263. The van der Waals surface area contributed by atoms with Crippen molar-refractivity contribution >= 4 is 17.9 Å². The Labute approximate surface area is 152 Å². The van der Waals surface area contributed by atoms with Crippen molar-refractivity contribution in [2.45, 2.75) is 19.5 Å². The molecule has 0 aliphatic heterocycles. The van der Waals surface area contributed by atoms with Crippen LogP contribution >= 0.6 is 0 Å². The molecule has 0 spiro atoms. The molecule has 0 saturated carbocycles. The van der Waals surface area contributed by atoms with Crippen LogP contribution in [0.15, 0.2) is 47.1 Å². The van der Waals surface area contributed by atoms with E-state index in [1.165, 1.54) is 12.3 Å². The first-order valence-electron chi connectivity index (χ1n) is 8.04. The van der Waals surface area contributed by atoms with Crippen LogP contribution < -0.4 is 20.1 Å². The normalized spacial score (nSPS) is 11.8. The number of nitrogens with one attached hydrogen (secondary N) is 2. The molecule has 1 aromatic heterocycles. The van der Waals surface area contributed by atoms with Gasteiger partial charge in [0.25, 0.3) is 0 Å². The lowest BCUT2D eigenvalue weighted by atomic mass is 10.2. The van der Waals surface area contributed by atoms with E-state index in [1.54, 1.807) is 57.6 Å². The second-order valence-corrected chi connectivity index (χ2v) is 5.48. The molecule has 2 amide bonds. The number of hydrogen-bond acceptors (Lipinski definition) is 5. The van der Waals surface area contributed by atoms with Crippen molar-refractivity contribution < 1.29 is 23.5 Å². The van der Waals surface area contributed by atoms with Gasteiger partial charge in [-0.3, -0.25) is 9.59 Å². The van der Waals surface area contributed by atoms with Crippen LogP contribution in [-0.4, -0.2) is 32.1 Å². The average Bonchev–Trinajstić information content (AvgIpc) is 3.17. The van der Waals surface area contributed by atoms with E-state index in [4.69, 9.17) is 13.9 Å². The predicted molar refractivity (Wildman–Crippen MR) is 96.7 cm³/mol. The third kappa shape index (κ3) is 5.41. The van der Waals surface area contributed by atoms with Crippen molar-refractivity contribution in [2.24, 2.45) is 0 Å². The summed E-state index contributed by atoms with van der Waals surface area (Å²) in [7, 11) is 3.10. The van der Waals surface area contributed by atoms with Gasteiger partial charge >= 0.3 is 0 Å². The summed E-state index contributed by atoms with van der Waals surface area (Å²) in [5, 5.41) is 5.30. The Morgan fingerprint density at radius 3 is 2.62 bits per heavy atom. The van der Waals surface area contributed by atoms with Crippen LogP contribution in [0.3, 0.4) is 0 Å². The predicted octanol–water partition coefficient (Wildman–Crippen LogP) is 2.13. The minimum Gasteiger partial charge on any atom is -0.493 e. The van der Waals surface area contributed by atoms with Crippen LogP contribution in [0.5, 0.6) is 11.5 Å². The molecular weight excluding hydrogens is 336 g/mol. The summed E-state index contributed by atoms with van der Waals surface area (Å²) >= 11 is 0. The van der Waals surface area contributed by atoms with Crippen LogP contribution in [0.2, 0.25) is 0 Å². The zero-order valence-corrected chi connectivity index (χ0v) is 14.9. The molecule has 0 saturated heterocycles. The summed E-state index contributed by atoms with van der Waals surface area (Å²) < 4.78 is 15.5. The maximum Gasteiger partial charge on any atom is 0.244 e. The Kier molecular flexibility index (Phi) is 6.84. The Morgan fingerprint density at radius 1 is 1.19 bits per heavy atom. The van der Waals surface area contributed by atoms with E-state index in [9.17, 15) is 9.59 Å². The molecule has 1 unspecified atom stereocenters. The van der Waals surface area contributed by atoms with E-state index < -0.39 is 6.04 Å². The molecule has 0 fully saturated rings. The van der Waals surface area contributed by atoms with Crippen LogP contribution in [0.1, 0.15) is 18.2 Å². The van der Waals surface area contributed by atoms with Gasteiger partial charge in [0.1, 0.15) is 11.8 Å². The van der Waals surface area contributed by atoms with Crippen molar-refractivity contribution in [1.29, 1.82) is 0 Å². The number of methoxy groups -OCH3 is 2. The first-order valence-corrected chi connectivity index (χ1v) is 8.04. The van der Waals surface area contributed by atoms with Crippen molar-refractivity contribution in [2.75, 3.05) is 14.2 Å². The van der Waals surface area contributed by atoms with E-state index in [0.29, 0.717) is 17.3 Å². The molecule has 1 atom stereocenters. The van der Waals surface area contributed by atoms with Crippen molar-refractivity contribution in [1.82, 2.24) is 10.6 Å². The maximum atomic E-state index is 12.0. The fourth-order valence-corrected chi connectivity index (χ4v) is 2.20. The van der Waals surface area contributed by atoms with E-state index >= 15 is 0 Å². The molecule has 0 aliphatic carbocycles. The van der Waals surface area contributed by atoms with Crippen molar-refractivity contribution in [3.8, 4) is 11.5 Å². The van der Waals surface area contributed by atoms with Crippen molar-refractivity contribution in [3.63, 3.8) is 0 Å². The fourth-order valence-electron chi connectivity index (χ4n) is 2.20. The van der Waals surface area contributed by atoms with Gasteiger partial charge in [-0.05, 0) is 42.8 Å². The smallest absolute Gasteiger partial charge is 0.244 e. The number of hydrogen-bond donors (Lipinski definition) is 2. The summed E-state index contributed by atoms with van der Waals surface area (Å²) in [6.07, 6.45) is 4.52. The molecular formula is C19H22N2O5. The standard InChI is InChI=1S/C19H22N2O5/c1-13(19(23)20-12-15-5-4-10-26-15)21-18(22)9-7-14-6-8-16(24-2)17(11-14)25-3/h4-11,13H,12H2,1-3H3,(H,20,23)(H,21,22)/b9-7+. The highest BCUT2D eigenvalue weighted by Gasteiger charge is 2.14. The summed E-state index contributed by atoms with van der Waals surface area (Å²) in [5.41, 5.74) is 0.771. The summed E-state index contributed by atoms with van der Waals surface area (Å²) in [6.45, 7) is 1.88. The SMILES string of the molecule is COc1ccc(/C=C/C(=O)NC(C)C(=O)NCc2ccco2)cc1OC. The molecule has 1 aromatic carbocycles. The molecule has 0 aliphatic rings. The highest BCUT2D eigenvalue weighted by Crippen LogP contribution is 2.27. The summed E-state index contributed by atoms with van der Waals surface area (Å²) in [5.74, 6) is 1.15. The Balaban J connectivity index is 1.86. The van der Waals surface area contributed by atoms with Crippen molar-refractivity contribution in [3.05, 3.63) is 54.0 Å². The maximum absolute atomic E-state index is 12.0. The second-order valence-electron chi connectivity index (χ2n) is 5.48. The number of ether oxygens (including phenoxy) is 2. The second kappa shape index (κ2) is 9.31. The largest absolute Gasteiger partial charge is 0.493 e. The zero-order valence-electron chi connectivity index (χ0n) is 14.9. The number of rotatable bonds is 8. The minimum atomic E-state index is -0.674. The van der Waals surface area contributed by atoms with Gasteiger partial charge in [0.15, 0.2) is 11.5 Å². The molecule has 2 aromatic rings. The molecule has 0 bridgehead atoms. The highest BCUT2D eigenvalue weighted by atomic mass is 16.5. The van der Waals surface area contributed by atoms with E-state index in [-0.39, 0.29) is 18.4 Å². The minimum absolute atomic E-state index is 0.271. The van der Waals surface area contributed by atoms with Gasteiger partial charge < -0.3 is 24.5 Å². The van der Waals surface area contributed by atoms with Gasteiger partial charge in [0.2, 0.25) is 11.8 Å². The number of carbonyl (C=O) groups is 2. The molecule has 7 heteroatoms. The molecule has 0 radical (unpaired) electrons. The third-order valence-corrected chi connectivity index (χ3v) is 3.60. The van der Waals surface area contributed by atoms with Gasteiger partial charge in [-0.25, -0.2) is 0 Å². The lowest BCUT2D eigenvalue weighted by Crippen LogP contribution is -2.44. The number of benzene rings is 1. The molecule has 2 rings (SSSR count). The number of carbonyl (C=O) groups excluding carboxylic acids is 2. The first-order chi connectivity index (χ1) is 12.5. The van der Waals surface area contributed by atoms with Crippen LogP contribution in [0.25, 0.3) is 6.08 Å². The first kappa shape index (κ1) is 19.1. The third-order valence-electron chi connectivity index (χ3n) is 3.60.